The maximum atomic E-state index is 6.13. The van der Waals surface area contributed by atoms with Crippen LogP contribution in [0.3, 0.4) is 0 Å². The van der Waals surface area contributed by atoms with Gasteiger partial charge in [0.25, 0.3) is 0 Å². The lowest BCUT2D eigenvalue weighted by Gasteiger charge is -2.34. The second-order valence-electron chi connectivity index (χ2n) is 9.77. The number of imidazole rings is 1. The summed E-state index contributed by atoms with van der Waals surface area (Å²) >= 11 is 0. The minimum absolute atomic E-state index is 0.0926. The number of aromatic amines is 1. The van der Waals surface area contributed by atoms with Gasteiger partial charge in [-0.2, -0.15) is 0 Å². The zero-order valence-corrected chi connectivity index (χ0v) is 19.4. The summed E-state index contributed by atoms with van der Waals surface area (Å²) in [7, 11) is 0. The number of pyridine rings is 1. The number of aryl methyl sites for hydroxylation is 1. The molecular weight excluding hydrogens is 412 g/mol. The van der Waals surface area contributed by atoms with Crippen LogP contribution < -0.4 is 9.64 Å². The number of anilines is 1. The Morgan fingerprint density at radius 3 is 2.91 bits per heavy atom. The Bertz CT molecular complexity index is 1360. The minimum atomic E-state index is 0.0926. The van der Waals surface area contributed by atoms with Crippen molar-refractivity contribution in [2.75, 3.05) is 18.1 Å². The van der Waals surface area contributed by atoms with Gasteiger partial charge in [0, 0.05) is 34.8 Å². The van der Waals surface area contributed by atoms with Crippen LogP contribution in [0.4, 0.5) is 5.82 Å². The molecule has 1 N–H and O–H groups in total. The Morgan fingerprint density at radius 2 is 2.00 bits per heavy atom. The number of benzene rings is 1. The van der Waals surface area contributed by atoms with Crippen LogP contribution >= 0.6 is 0 Å². The molecule has 0 saturated heterocycles. The topological polar surface area (TPSA) is 79.8 Å². The van der Waals surface area contributed by atoms with E-state index in [1.807, 2.05) is 13.1 Å². The average Bonchev–Trinajstić information content (AvgIpc) is 3.04. The zero-order chi connectivity index (χ0) is 22.6. The molecule has 0 spiro atoms. The highest BCUT2D eigenvalue weighted by Crippen LogP contribution is 2.39. The van der Waals surface area contributed by atoms with E-state index in [1.54, 1.807) is 6.33 Å². The molecule has 6 rings (SSSR count). The van der Waals surface area contributed by atoms with Crippen LogP contribution in [-0.2, 0) is 18.4 Å². The fourth-order valence-corrected chi connectivity index (χ4v) is 5.25. The van der Waals surface area contributed by atoms with Gasteiger partial charge in [0.15, 0.2) is 5.65 Å². The second kappa shape index (κ2) is 7.54. The fourth-order valence-electron chi connectivity index (χ4n) is 5.25. The Balaban J connectivity index is 1.37. The highest BCUT2D eigenvalue weighted by Gasteiger charge is 2.32. The van der Waals surface area contributed by atoms with Crippen molar-refractivity contribution in [1.82, 2.24) is 24.9 Å². The van der Waals surface area contributed by atoms with Crippen LogP contribution in [0.5, 0.6) is 5.75 Å². The summed E-state index contributed by atoms with van der Waals surface area (Å²) in [5.41, 5.74) is 7.63. The molecule has 4 aromatic rings. The predicted octanol–water partition coefficient (Wildman–Crippen LogP) is 4.74. The smallest absolute Gasteiger partial charge is 0.177 e. The summed E-state index contributed by atoms with van der Waals surface area (Å²) in [4.78, 5) is 24.0. The molecular formula is C26H28N6O. The van der Waals surface area contributed by atoms with Crippen molar-refractivity contribution in [3.63, 3.8) is 0 Å². The molecule has 0 unspecified atom stereocenters. The molecule has 0 atom stereocenters. The van der Waals surface area contributed by atoms with E-state index in [0.29, 0.717) is 6.61 Å². The van der Waals surface area contributed by atoms with E-state index in [0.717, 1.165) is 64.8 Å². The quantitative estimate of drug-likeness (QED) is 0.485. The Morgan fingerprint density at radius 1 is 1.09 bits per heavy atom. The monoisotopic (exact) mass is 440 g/mol. The number of aromatic nitrogens is 5. The van der Waals surface area contributed by atoms with Crippen LogP contribution in [0.1, 0.15) is 49.3 Å². The summed E-state index contributed by atoms with van der Waals surface area (Å²) in [6.45, 7) is 8.72. The SMILES string of the molecule is Cc1nc2ncc(-c3ccc4c(c3)CN(c3ncnc5c3CCCC5(C)C)CCO4)cc2[nH]1. The standard InChI is InChI=1S/C26H28N6O/c1-16-30-21-12-18(13-27-24(21)31-16)17-6-7-22-19(11-17)14-32(9-10-33-22)25-20-5-4-8-26(2,3)23(20)28-15-29-25/h6-7,11-13,15H,4-5,8-10,14H2,1-3H3,(H,27,30,31). The van der Waals surface area contributed by atoms with Gasteiger partial charge in [0.05, 0.1) is 17.8 Å². The molecule has 0 amide bonds. The highest BCUT2D eigenvalue weighted by atomic mass is 16.5. The number of nitrogens with one attached hydrogen (secondary N) is 1. The first-order valence-corrected chi connectivity index (χ1v) is 11.7. The first-order chi connectivity index (χ1) is 16.0. The maximum absolute atomic E-state index is 6.13. The molecule has 0 fully saturated rings. The van der Waals surface area contributed by atoms with E-state index in [9.17, 15) is 0 Å². The van der Waals surface area contributed by atoms with Gasteiger partial charge >= 0.3 is 0 Å². The molecule has 168 valence electrons. The van der Waals surface area contributed by atoms with Crippen LogP contribution in [0, 0.1) is 6.92 Å². The maximum Gasteiger partial charge on any atom is 0.177 e. The lowest BCUT2D eigenvalue weighted by atomic mass is 9.76. The molecule has 1 aromatic carbocycles. The van der Waals surface area contributed by atoms with Crippen LogP contribution in [0.25, 0.3) is 22.3 Å². The Labute approximate surface area is 193 Å². The van der Waals surface area contributed by atoms with Crippen molar-refractivity contribution in [3.05, 3.63) is 59.4 Å². The third-order valence-corrected chi connectivity index (χ3v) is 6.92. The first kappa shape index (κ1) is 20.1. The molecule has 7 heteroatoms. The van der Waals surface area contributed by atoms with E-state index in [4.69, 9.17) is 14.7 Å². The van der Waals surface area contributed by atoms with E-state index < -0.39 is 0 Å². The molecule has 4 heterocycles. The van der Waals surface area contributed by atoms with Crippen molar-refractivity contribution in [2.45, 2.75) is 52.0 Å². The number of rotatable bonds is 2. The number of fused-ring (bicyclic) bond motifs is 3. The van der Waals surface area contributed by atoms with Crippen LogP contribution in [0.2, 0.25) is 0 Å². The van der Waals surface area contributed by atoms with Gasteiger partial charge < -0.3 is 14.6 Å². The Kier molecular flexibility index (Phi) is 4.60. The van der Waals surface area contributed by atoms with E-state index in [1.165, 1.54) is 24.1 Å². The summed E-state index contributed by atoms with van der Waals surface area (Å²) in [6, 6.07) is 8.52. The fraction of sp³-hybridized carbons (Fsp3) is 0.385. The van der Waals surface area contributed by atoms with Crippen molar-refractivity contribution < 1.29 is 4.74 Å². The number of ether oxygens (including phenoxy) is 1. The highest BCUT2D eigenvalue weighted by molar-refractivity contribution is 5.78. The molecule has 7 nitrogen and oxygen atoms in total. The van der Waals surface area contributed by atoms with E-state index in [2.05, 4.69) is 58.0 Å². The van der Waals surface area contributed by atoms with Gasteiger partial charge in [-0.1, -0.05) is 19.9 Å². The molecule has 0 radical (unpaired) electrons. The lowest BCUT2D eigenvalue weighted by Crippen LogP contribution is -2.32. The van der Waals surface area contributed by atoms with Crippen molar-refractivity contribution in [3.8, 4) is 16.9 Å². The number of nitrogens with zero attached hydrogens (tertiary/aromatic N) is 5. The van der Waals surface area contributed by atoms with Gasteiger partial charge in [-0.05, 0) is 49.9 Å². The number of hydrogen-bond donors (Lipinski definition) is 1. The van der Waals surface area contributed by atoms with Gasteiger partial charge in [0.2, 0.25) is 0 Å². The van der Waals surface area contributed by atoms with Crippen LogP contribution in [0.15, 0.2) is 36.8 Å². The molecule has 33 heavy (non-hydrogen) atoms. The third-order valence-electron chi connectivity index (χ3n) is 6.92. The number of H-pyrrole nitrogens is 1. The Hall–Kier alpha value is -3.48. The molecule has 2 aliphatic rings. The lowest BCUT2D eigenvalue weighted by molar-refractivity contribution is 0.331. The molecule has 0 bridgehead atoms. The van der Waals surface area contributed by atoms with Gasteiger partial charge in [-0.25, -0.2) is 19.9 Å². The summed E-state index contributed by atoms with van der Waals surface area (Å²) in [5.74, 6) is 2.87. The predicted molar refractivity (Wildman–Crippen MR) is 129 cm³/mol. The largest absolute Gasteiger partial charge is 0.491 e. The van der Waals surface area contributed by atoms with Gasteiger partial charge in [0.1, 0.15) is 30.3 Å². The first-order valence-electron chi connectivity index (χ1n) is 11.7. The average molecular weight is 441 g/mol. The molecule has 1 aliphatic heterocycles. The summed E-state index contributed by atoms with van der Waals surface area (Å²) in [5, 5.41) is 0. The van der Waals surface area contributed by atoms with Crippen molar-refractivity contribution in [2.24, 2.45) is 0 Å². The second-order valence-corrected chi connectivity index (χ2v) is 9.77. The minimum Gasteiger partial charge on any atom is -0.491 e. The van der Waals surface area contributed by atoms with E-state index in [-0.39, 0.29) is 5.41 Å². The third kappa shape index (κ3) is 3.52. The van der Waals surface area contributed by atoms with Gasteiger partial charge in [-0.15, -0.1) is 0 Å². The normalized spacial score (nSPS) is 17.2. The van der Waals surface area contributed by atoms with Crippen molar-refractivity contribution >= 4 is 17.0 Å². The summed E-state index contributed by atoms with van der Waals surface area (Å²) in [6.07, 6.45) is 7.00. The molecule has 1 aliphatic carbocycles. The molecule has 0 saturated carbocycles. The van der Waals surface area contributed by atoms with Crippen molar-refractivity contribution in [1.29, 1.82) is 0 Å². The molecule has 3 aromatic heterocycles. The van der Waals surface area contributed by atoms with E-state index >= 15 is 0 Å². The summed E-state index contributed by atoms with van der Waals surface area (Å²) < 4.78 is 6.13. The zero-order valence-electron chi connectivity index (χ0n) is 19.4. The van der Waals surface area contributed by atoms with Crippen LogP contribution in [-0.4, -0.2) is 38.1 Å². The number of hydrogen-bond acceptors (Lipinski definition) is 6. The van der Waals surface area contributed by atoms with Gasteiger partial charge in [-0.3, -0.25) is 0 Å².